The highest BCUT2D eigenvalue weighted by molar-refractivity contribution is 5.93. The third-order valence-electron chi connectivity index (χ3n) is 2.65. The van der Waals surface area contributed by atoms with Crippen molar-refractivity contribution < 1.29 is 4.79 Å². The Balaban J connectivity index is 2.02. The minimum atomic E-state index is -0.168. The summed E-state index contributed by atoms with van der Waals surface area (Å²) in [5.41, 5.74) is 2.97. The van der Waals surface area contributed by atoms with Crippen LogP contribution in [0.25, 0.3) is 0 Å². The average Bonchev–Trinajstić information content (AvgIpc) is 2.45. The van der Waals surface area contributed by atoms with Crippen molar-refractivity contribution in [2.24, 2.45) is 0 Å². The Labute approximate surface area is 111 Å². The van der Waals surface area contributed by atoms with Gasteiger partial charge in [0.15, 0.2) is 0 Å². The van der Waals surface area contributed by atoms with Gasteiger partial charge in [-0.25, -0.2) is 0 Å². The summed E-state index contributed by atoms with van der Waals surface area (Å²) >= 11 is 0. The van der Waals surface area contributed by atoms with Crippen LogP contribution in [0.3, 0.4) is 0 Å². The predicted molar refractivity (Wildman–Crippen MR) is 71.3 cm³/mol. The van der Waals surface area contributed by atoms with Crippen molar-refractivity contribution in [3.63, 3.8) is 0 Å². The lowest BCUT2D eigenvalue weighted by atomic mass is 10.1. The van der Waals surface area contributed by atoms with Gasteiger partial charge in [-0.05, 0) is 36.2 Å². The van der Waals surface area contributed by atoms with E-state index in [1.165, 1.54) is 6.20 Å². The number of carbonyl (C=O) groups excluding carboxylic acids is 1. The number of amides is 1. The highest BCUT2D eigenvalue weighted by atomic mass is 16.1. The van der Waals surface area contributed by atoms with Gasteiger partial charge >= 0.3 is 0 Å². The maximum atomic E-state index is 11.9. The molecule has 0 radical (unpaired) electrons. The fourth-order valence-corrected chi connectivity index (χ4v) is 1.71. The molecule has 1 amide bonds. The number of aromatic nitrogens is 1. The highest BCUT2D eigenvalue weighted by Gasteiger charge is 2.05. The number of hydrogen-bond donors (Lipinski definition) is 1. The Bertz CT molecular complexity index is 644. The van der Waals surface area contributed by atoms with E-state index < -0.39 is 0 Å². The molecule has 1 heterocycles. The molecular formula is C15H13N3O. The molecule has 4 nitrogen and oxygen atoms in total. The molecule has 0 aliphatic heterocycles. The van der Waals surface area contributed by atoms with E-state index in [-0.39, 0.29) is 5.91 Å². The molecule has 1 N–H and O–H groups in total. The number of rotatable bonds is 3. The second-order valence-electron chi connectivity index (χ2n) is 4.25. The van der Waals surface area contributed by atoms with Crippen LogP contribution in [0.2, 0.25) is 0 Å². The first-order valence-corrected chi connectivity index (χ1v) is 5.88. The smallest absolute Gasteiger partial charge is 0.253 e. The molecule has 19 heavy (non-hydrogen) atoms. The summed E-state index contributed by atoms with van der Waals surface area (Å²) in [4.78, 5) is 15.9. The van der Waals surface area contributed by atoms with Crippen LogP contribution in [-0.4, -0.2) is 10.9 Å². The van der Waals surface area contributed by atoms with Crippen LogP contribution in [0.15, 0.2) is 42.7 Å². The topological polar surface area (TPSA) is 65.8 Å². The van der Waals surface area contributed by atoms with E-state index in [0.29, 0.717) is 17.7 Å². The molecule has 2 rings (SSSR count). The Morgan fingerprint density at radius 3 is 2.95 bits per heavy atom. The monoisotopic (exact) mass is 251 g/mol. The van der Waals surface area contributed by atoms with Crippen molar-refractivity contribution in [1.29, 1.82) is 5.26 Å². The number of nitrogens with one attached hydrogen (secondary N) is 1. The van der Waals surface area contributed by atoms with Gasteiger partial charge in [0, 0.05) is 18.9 Å². The van der Waals surface area contributed by atoms with Crippen molar-refractivity contribution in [3.05, 3.63) is 65.0 Å². The summed E-state index contributed by atoms with van der Waals surface area (Å²) in [6.45, 7) is 2.28. The molecule has 0 spiro atoms. The first-order chi connectivity index (χ1) is 9.19. The number of hydrogen-bond acceptors (Lipinski definition) is 3. The van der Waals surface area contributed by atoms with Crippen molar-refractivity contribution in [2.75, 3.05) is 0 Å². The van der Waals surface area contributed by atoms with Crippen LogP contribution in [0.4, 0.5) is 0 Å². The van der Waals surface area contributed by atoms with Gasteiger partial charge in [0.2, 0.25) is 0 Å². The zero-order valence-electron chi connectivity index (χ0n) is 10.6. The molecule has 94 valence electrons. The Kier molecular flexibility index (Phi) is 3.89. The van der Waals surface area contributed by atoms with Crippen molar-refractivity contribution >= 4 is 5.91 Å². The van der Waals surface area contributed by atoms with E-state index in [4.69, 9.17) is 5.26 Å². The van der Waals surface area contributed by atoms with Crippen molar-refractivity contribution in [1.82, 2.24) is 10.3 Å². The fraction of sp³-hybridized carbons (Fsp3) is 0.133. The number of carbonyl (C=O) groups is 1. The molecule has 2 aromatic rings. The lowest BCUT2D eigenvalue weighted by Gasteiger charge is -2.06. The largest absolute Gasteiger partial charge is 0.348 e. The molecule has 0 aliphatic rings. The molecule has 1 aromatic carbocycles. The van der Waals surface area contributed by atoms with Gasteiger partial charge in [0.25, 0.3) is 5.91 Å². The molecule has 0 aliphatic carbocycles. The zero-order chi connectivity index (χ0) is 13.7. The zero-order valence-corrected chi connectivity index (χ0v) is 10.6. The van der Waals surface area contributed by atoms with Crippen LogP contribution >= 0.6 is 0 Å². The minimum absolute atomic E-state index is 0.168. The number of aryl methyl sites for hydroxylation is 1. The second kappa shape index (κ2) is 5.78. The lowest BCUT2D eigenvalue weighted by molar-refractivity contribution is 0.0950. The van der Waals surface area contributed by atoms with Crippen LogP contribution in [0, 0.1) is 18.3 Å². The number of nitrogens with zero attached hydrogens (tertiary/aromatic N) is 2. The Morgan fingerprint density at radius 1 is 1.37 bits per heavy atom. The Morgan fingerprint density at radius 2 is 2.21 bits per heavy atom. The fourth-order valence-electron chi connectivity index (χ4n) is 1.71. The number of nitriles is 1. The number of benzene rings is 1. The first kappa shape index (κ1) is 12.8. The Hall–Kier alpha value is -2.67. The van der Waals surface area contributed by atoms with Gasteiger partial charge in [0.1, 0.15) is 0 Å². The van der Waals surface area contributed by atoms with E-state index in [1.54, 1.807) is 30.5 Å². The summed E-state index contributed by atoms with van der Waals surface area (Å²) in [7, 11) is 0. The first-order valence-electron chi connectivity index (χ1n) is 5.88. The molecule has 4 heteroatoms. The molecule has 0 atom stereocenters. The van der Waals surface area contributed by atoms with Gasteiger partial charge in [-0.2, -0.15) is 5.26 Å². The molecule has 0 fully saturated rings. The van der Waals surface area contributed by atoms with E-state index in [1.807, 2.05) is 13.0 Å². The summed E-state index contributed by atoms with van der Waals surface area (Å²) in [5, 5.41) is 11.6. The highest BCUT2D eigenvalue weighted by Crippen LogP contribution is 2.05. The third-order valence-corrected chi connectivity index (χ3v) is 2.65. The van der Waals surface area contributed by atoms with Crippen molar-refractivity contribution in [3.8, 4) is 6.07 Å². The van der Waals surface area contributed by atoms with Gasteiger partial charge in [-0.3, -0.25) is 9.78 Å². The molecular weight excluding hydrogens is 238 g/mol. The molecule has 0 bridgehead atoms. The van der Waals surface area contributed by atoms with Crippen LogP contribution in [0.1, 0.15) is 27.0 Å². The van der Waals surface area contributed by atoms with Crippen LogP contribution in [-0.2, 0) is 6.54 Å². The summed E-state index contributed by atoms with van der Waals surface area (Å²) in [6, 6.07) is 11.0. The van der Waals surface area contributed by atoms with E-state index in [9.17, 15) is 4.79 Å². The molecule has 1 aromatic heterocycles. The standard InChI is InChI=1S/C15H13N3O/c1-11-5-14(10-17-8-11)15(19)18-9-13-4-2-3-12(6-13)7-16/h2-6,8,10H,9H2,1H3,(H,18,19). The van der Waals surface area contributed by atoms with Gasteiger partial charge in [-0.1, -0.05) is 12.1 Å². The summed E-state index contributed by atoms with van der Waals surface area (Å²) in [6.07, 6.45) is 3.24. The van der Waals surface area contributed by atoms with Crippen molar-refractivity contribution in [2.45, 2.75) is 13.5 Å². The minimum Gasteiger partial charge on any atom is -0.348 e. The summed E-state index contributed by atoms with van der Waals surface area (Å²) in [5.74, 6) is -0.168. The van der Waals surface area contributed by atoms with E-state index in [0.717, 1.165) is 11.1 Å². The predicted octanol–water partition coefficient (Wildman–Crippen LogP) is 2.19. The van der Waals surface area contributed by atoms with Gasteiger partial charge < -0.3 is 5.32 Å². The molecule has 0 saturated heterocycles. The lowest BCUT2D eigenvalue weighted by Crippen LogP contribution is -2.23. The van der Waals surface area contributed by atoms with Crippen LogP contribution < -0.4 is 5.32 Å². The third kappa shape index (κ3) is 3.39. The summed E-state index contributed by atoms with van der Waals surface area (Å²) < 4.78 is 0. The second-order valence-corrected chi connectivity index (χ2v) is 4.25. The maximum absolute atomic E-state index is 11.9. The van der Waals surface area contributed by atoms with E-state index in [2.05, 4.69) is 16.4 Å². The van der Waals surface area contributed by atoms with Crippen LogP contribution in [0.5, 0.6) is 0 Å². The average molecular weight is 251 g/mol. The van der Waals surface area contributed by atoms with Gasteiger partial charge in [-0.15, -0.1) is 0 Å². The quantitative estimate of drug-likeness (QED) is 0.909. The number of pyridine rings is 1. The normalized spacial score (nSPS) is 9.68. The molecule has 0 saturated carbocycles. The van der Waals surface area contributed by atoms with Gasteiger partial charge in [0.05, 0.1) is 17.2 Å². The molecule has 0 unspecified atom stereocenters. The maximum Gasteiger partial charge on any atom is 0.253 e. The van der Waals surface area contributed by atoms with E-state index >= 15 is 0 Å². The SMILES string of the molecule is Cc1cncc(C(=O)NCc2cccc(C#N)c2)c1.